The van der Waals surface area contributed by atoms with Gasteiger partial charge in [-0.3, -0.25) is 0 Å². The van der Waals surface area contributed by atoms with Crippen LogP contribution in [0.25, 0.3) is 0 Å². The molecule has 1 aliphatic rings. The summed E-state index contributed by atoms with van der Waals surface area (Å²) in [6.07, 6.45) is 1.04. The number of hydrogen-bond donors (Lipinski definition) is 2. The number of sulfonamides is 1. The minimum absolute atomic E-state index is 0.00847. The Balaban J connectivity index is 1.87. The van der Waals surface area contributed by atoms with Gasteiger partial charge < -0.3 is 5.32 Å². The van der Waals surface area contributed by atoms with E-state index in [0.717, 1.165) is 25.1 Å². The molecule has 2 rings (SSSR count). The van der Waals surface area contributed by atoms with Gasteiger partial charge in [0.25, 0.3) is 0 Å². The number of piperidine rings is 1. The molecule has 3 unspecified atom stereocenters. The van der Waals surface area contributed by atoms with E-state index in [1.807, 2.05) is 37.3 Å². The molecular formula is C16H26N2O2S. The van der Waals surface area contributed by atoms with Crippen molar-refractivity contribution < 1.29 is 8.42 Å². The van der Waals surface area contributed by atoms with Gasteiger partial charge in [-0.2, -0.15) is 0 Å². The molecule has 1 aromatic rings. The molecule has 0 amide bonds. The lowest BCUT2D eigenvalue weighted by molar-refractivity contribution is 0.274. The molecule has 0 saturated carbocycles. The SMILES string of the molecule is CC(CS(=O)(=O)NCC1CCNCC1C)c1ccccc1. The van der Waals surface area contributed by atoms with Crippen LogP contribution in [0.15, 0.2) is 30.3 Å². The monoisotopic (exact) mass is 310 g/mol. The molecule has 1 aliphatic heterocycles. The molecular weight excluding hydrogens is 284 g/mol. The van der Waals surface area contributed by atoms with Crippen molar-refractivity contribution in [2.75, 3.05) is 25.4 Å². The zero-order valence-corrected chi connectivity index (χ0v) is 13.7. The lowest BCUT2D eigenvalue weighted by Crippen LogP contribution is -2.41. The Morgan fingerprint density at radius 1 is 1.33 bits per heavy atom. The molecule has 0 aromatic heterocycles. The van der Waals surface area contributed by atoms with Gasteiger partial charge in [0.15, 0.2) is 0 Å². The average molecular weight is 310 g/mol. The standard InChI is InChI=1S/C16H26N2O2S/c1-13-10-17-9-8-16(13)11-18-21(19,20)12-14(2)15-6-4-3-5-7-15/h3-7,13-14,16-18H,8-12H2,1-2H3. The molecule has 118 valence electrons. The van der Waals surface area contributed by atoms with Crippen LogP contribution in [0.3, 0.4) is 0 Å². The Morgan fingerprint density at radius 3 is 2.71 bits per heavy atom. The van der Waals surface area contributed by atoms with Crippen LogP contribution in [0, 0.1) is 11.8 Å². The van der Waals surface area contributed by atoms with Crippen molar-refractivity contribution in [1.82, 2.24) is 10.0 Å². The molecule has 0 bridgehead atoms. The molecule has 0 aliphatic carbocycles. The van der Waals surface area contributed by atoms with E-state index < -0.39 is 10.0 Å². The lowest BCUT2D eigenvalue weighted by atomic mass is 9.88. The summed E-state index contributed by atoms with van der Waals surface area (Å²) < 4.78 is 27.3. The van der Waals surface area contributed by atoms with E-state index in [9.17, 15) is 8.42 Å². The van der Waals surface area contributed by atoms with Crippen molar-refractivity contribution in [1.29, 1.82) is 0 Å². The summed E-state index contributed by atoms with van der Waals surface area (Å²) in [6, 6.07) is 9.80. The van der Waals surface area contributed by atoms with E-state index in [-0.39, 0.29) is 11.7 Å². The minimum Gasteiger partial charge on any atom is -0.316 e. The van der Waals surface area contributed by atoms with Gasteiger partial charge in [0, 0.05) is 6.54 Å². The quantitative estimate of drug-likeness (QED) is 0.844. The Labute approximate surface area is 128 Å². The number of benzene rings is 1. The fourth-order valence-corrected chi connectivity index (χ4v) is 4.31. The third-order valence-electron chi connectivity index (χ3n) is 4.37. The molecule has 0 radical (unpaired) electrons. The zero-order valence-electron chi connectivity index (χ0n) is 12.9. The van der Waals surface area contributed by atoms with E-state index in [1.165, 1.54) is 0 Å². The van der Waals surface area contributed by atoms with Crippen LogP contribution in [0.1, 0.15) is 31.7 Å². The first-order chi connectivity index (χ1) is 9.98. The maximum absolute atomic E-state index is 12.2. The zero-order chi connectivity index (χ0) is 15.3. The van der Waals surface area contributed by atoms with Crippen molar-refractivity contribution in [3.63, 3.8) is 0 Å². The second kappa shape index (κ2) is 7.38. The van der Waals surface area contributed by atoms with E-state index in [2.05, 4.69) is 17.0 Å². The molecule has 2 N–H and O–H groups in total. The third-order valence-corrected chi connectivity index (χ3v) is 5.91. The smallest absolute Gasteiger partial charge is 0.212 e. The van der Waals surface area contributed by atoms with Gasteiger partial charge in [-0.05, 0) is 42.8 Å². The summed E-state index contributed by atoms with van der Waals surface area (Å²) in [5.41, 5.74) is 1.07. The highest BCUT2D eigenvalue weighted by molar-refractivity contribution is 7.89. The van der Waals surface area contributed by atoms with Gasteiger partial charge in [0.2, 0.25) is 10.0 Å². The van der Waals surface area contributed by atoms with Gasteiger partial charge in [-0.1, -0.05) is 44.2 Å². The van der Waals surface area contributed by atoms with Crippen LogP contribution in [-0.4, -0.2) is 33.8 Å². The largest absolute Gasteiger partial charge is 0.316 e. The summed E-state index contributed by atoms with van der Waals surface area (Å²) in [6.45, 7) is 6.66. The van der Waals surface area contributed by atoms with Crippen LogP contribution in [0.5, 0.6) is 0 Å². The average Bonchev–Trinajstić information content (AvgIpc) is 2.47. The summed E-state index contributed by atoms with van der Waals surface area (Å²) in [4.78, 5) is 0. The molecule has 1 aromatic carbocycles. The topological polar surface area (TPSA) is 58.2 Å². The highest BCUT2D eigenvalue weighted by Crippen LogP contribution is 2.19. The summed E-state index contributed by atoms with van der Waals surface area (Å²) >= 11 is 0. The maximum atomic E-state index is 12.2. The van der Waals surface area contributed by atoms with Crippen LogP contribution >= 0.6 is 0 Å². The van der Waals surface area contributed by atoms with Crippen molar-refractivity contribution in [2.24, 2.45) is 11.8 Å². The Hall–Kier alpha value is -0.910. The number of rotatable bonds is 6. The van der Waals surface area contributed by atoms with Gasteiger partial charge >= 0.3 is 0 Å². The fraction of sp³-hybridized carbons (Fsp3) is 0.625. The lowest BCUT2D eigenvalue weighted by Gasteiger charge is -2.29. The highest BCUT2D eigenvalue weighted by atomic mass is 32.2. The van der Waals surface area contributed by atoms with E-state index in [0.29, 0.717) is 18.4 Å². The molecule has 3 atom stereocenters. The van der Waals surface area contributed by atoms with E-state index >= 15 is 0 Å². The summed E-state index contributed by atoms with van der Waals surface area (Å²) in [7, 11) is -3.22. The Kier molecular flexibility index (Phi) is 5.79. The predicted octanol–water partition coefficient (Wildman–Crippen LogP) is 1.96. The number of hydrogen-bond acceptors (Lipinski definition) is 3. The predicted molar refractivity (Wildman–Crippen MR) is 86.8 cm³/mol. The van der Waals surface area contributed by atoms with Crippen LogP contribution < -0.4 is 10.0 Å². The normalized spacial score (nSPS) is 24.7. The molecule has 0 spiro atoms. The first-order valence-electron chi connectivity index (χ1n) is 7.71. The highest BCUT2D eigenvalue weighted by Gasteiger charge is 2.24. The summed E-state index contributed by atoms with van der Waals surface area (Å²) in [5, 5.41) is 3.34. The van der Waals surface area contributed by atoms with Crippen molar-refractivity contribution in [3.05, 3.63) is 35.9 Å². The van der Waals surface area contributed by atoms with E-state index in [1.54, 1.807) is 0 Å². The first-order valence-corrected chi connectivity index (χ1v) is 9.36. The summed E-state index contributed by atoms with van der Waals surface area (Å²) in [5.74, 6) is 1.12. The molecule has 21 heavy (non-hydrogen) atoms. The van der Waals surface area contributed by atoms with Gasteiger partial charge in [-0.15, -0.1) is 0 Å². The van der Waals surface area contributed by atoms with Gasteiger partial charge in [0.05, 0.1) is 5.75 Å². The second-order valence-corrected chi connectivity index (χ2v) is 8.02. The third kappa shape index (κ3) is 5.09. The molecule has 1 fully saturated rings. The Morgan fingerprint density at radius 2 is 2.05 bits per heavy atom. The van der Waals surface area contributed by atoms with Crippen LogP contribution in [0.2, 0.25) is 0 Å². The fourth-order valence-electron chi connectivity index (χ4n) is 2.87. The first kappa shape index (κ1) is 16.5. The van der Waals surface area contributed by atoms with Crippen molar-refractivity contribution >= 4 is 10.0 Å². The van der Waals surface area contributed by atoms with E-state index in [4.69, 9.17) is 0 Å². The Bertz CT molecular complexity index is 530. The number of nitrogens with one attached hydrogen (secondary N) is 2. The molecule has 1 saturated heterocycles. The second-order valence-electron chi connectivity index (χ2n) is 6.17. The molecule has 4 nitrogen and oxygen atoms in total. The minimum atomic E-state index is -3.22. The van der Waals surface area contributed by atoms with Crippen LogP contribution in [0.4, 0.5) is 0 Å². The molecule has 5 heteroatoms. The molecule has 1 heterocycles. The van der Waals surface area contributed by atoms with Crippen LogP contribution in [-0.2, 0) is 10.0 Å². The van der Waals surface area contributed by atoms with Gasteiger partial charge in [0.1, 0.15) is 0 Å². The maximum Gasteiger partial charge on any atom is 0.212 e. The van der Waals surface area contributed by atoms with Gasteiger partial charge in [-0.25, -0.2) is 13.1 Å². The van der Waals surface area contributed by atoms with Crippen molar-refractivity contribution in [3.8, 4) is 0 Å². The van der Waals surface area contributed by atoms with Crippen molar-refractivity contribution in [2.45, 2.75) is 26.2 Å².